The van der Waals surface area contributed by atoms with E-state index in [1.54, 1.807) is 35.4 Å². The second-order valence-corrected chi connectivity index (χ2v) is 18.3. The van der Waals surface area contributed by atoms with Crippen molar-refractivity contribution in [3.63, 3.8) is 0 Å². The summed E-state index contributed by atoms with van der Waals surface area (Å²) >= 11 is 1.85. The Morgan fingerprint density at radius 2 is 1.64 bits per heavy atom. The minimum Gasteiger partial charge on any atom is -0.381 e. The Morgan fingerprint density at radius 1 is 0.891 bits per heavy atom. The number of aryl methyl sites for hydroxylation is 2. The summed E-state index contributed by atoms with van der Waals surface area (Å²) in [6, 6.07) is 21.6. The Morgan fingerprint density at radius 3 is 2.33 bits per heavy atom. The number of carbonyl (C=O) groups is 1. The van der Waals surface area contributed by atoms with Gasteiger partial charge in [0, 0.05) is 66.4 Å². The first kappa shape index (κ1) is 40.8. The third kappa shape index (κ3) is 11.6. The number of amides is 1. The van der Waals surface area contributed by atoms with Gasteiger partial charge in [-0.3, -0.25) is 9.69 Å². The van der Waals surface area contributed by atoms with Crippen molar-refractivity contribution in [2.45, 2.75) is 76.2 Å². The van der Waals surface area contributed by atoms with Crippen LogP contribution >= 0.6 is 11.8 Å². The zero-order chi connectivity index (χ0) is 38.8. The van der Waals surface area contributed by atoms with E-state index in [2.05, 4.69) is 88.3 Å². The number of thioether (sulfide) groups is 1. The van der Waals surface area contributed by atoms with Gasteiger partial charge < -0.3 is 15.1 Å². The topological polar surface area (TPSA) is 85.0 Å². The highest BCUT2D eigenvalue weighted by atomic mass is 32.2. The number of rotatable bonds is 15. The fourth-order valence-corrected chi connectivity index (χ4v) is 9.74. The van der Waals surface area contributed by atoms with Gasteiger partial charge in [0.25, 0.3) is 15.9 Å². The van der Waals surface area contributed by atoms with Crippen LogP contribution in [0.15, 0.2) is 100 Å². The van der Waals surface area contributed by atoms with Crippen molar-refractivity contribution in [3.05, 3.63) is 118 Å². The summed E-state index contributed by atoms with van der Waals surface area (Å²) in [6.45, 7) is 9.78. The van der Waals surface area contributed by atoms with Crippen molar-refractivity contribution in [3.8, 4) is 0 Å². The fourth-order valence-electron chi connectivity index (χ4n) is 7.61. The highest BCUT2D eigenvalue weighted by Crippen LogP contribution is 2.33. The molecule has 0 saturated carbocycles. The molecule has 294 valence electrons. The average Bonchev–Trinajstić information content (AvgIpc) is 3.42. The molecule has 10 heteroatoms. The smallest absolute Gasteiger partial charge is 0.264 e. The number of nitrogens with one attached hydrogen (secondary N) is 2. The molecule has 55 heavy (non-hydrogen) atoms. The minimum absolute atomic E-state index is 0.0701. The Balaban J connectivity index is 1.02. The first-order valence-corrected chi connectivity index (χ1v) is 22.4. The number of nitrogens with zero attached hydrogens (tertiary/aromatic N) is 3. The minimum atomic E-state index is -4.07. The molecule has 1 heterocycles. The fraction of sp³-hybridized carbons (Fsp3) is 0.444. The monoisotopic (exact) mass is 781 g/mol. The molecule has 0 radical (unpaired) electrons. The summed E-state index contributed by atoms with van der Waals surface area (Å²) in [6.07, 6.45) is 16.0. The maximum absolute atomic E-state index is 13.4. The molecule has 3 aromatic carbocycles. The number of hydrogen-bond donors (Lipinski definition) is 2. The zero-order valence-electron chi connectivity index (χ0n) is 33.1. The molecule has 0 spiro atoms. The van der Waals surface area contributed by atoms with Gasteiger partial charge in [-0.1, -0.05) is 60.1 Å². The summed E-state index contributed by atoms with van der Waals surface area (Å²) in [5.41, 5.74) is 8.90. The molecule has 2 aliphatic carbocycles. The van der Waals surface area contributed by atoms with E-state index < -0.39 is 15.9 Å². The van der Waals surface area contributed by atoms with Gasteiger partial charge in [-0.15, -0.1) is 11.8 Å². The van der Waals surface area contributed by atoms with Crippen LogP contribution in [-0.2, 0) is 10.0 Å². The van der Waals surface area contributed by atoms with Crippen molar-refractivity contribution in [2.75, 3.05) is 69.3 Å². The van der Waals surface area contributed by atoms with Crippen LogP contribution < -0.4 is 14.9 Å². The zero-order valence-corrected chi connectivity index (χ0v) is 34.8. The number of piperazine rings is 1. The Kier molecular flexibility index (Phi) is 14.4. The maximum atomic E-state index is 13.4. The van der Waals surface area contributed by atoms with Gasteiger partial charge in [0.15, 0.2) is 0 Å². The van der Waals surface area contributed by atoms with E-state index in [1.165, 1.54) is 41.7 Å². The SMILES string of the molecule is Cc1ccc(C2=C(CN3CCN(c4ccc(C(=O)NS(=O)(=O)c5ccc(N[C@H](CCN(C)C)CSC6=CCCC=C6)c(C)c5)cc4)CC3)CCCCC2)cc1. The van der Waals surface area contributed by atoms with Crippen LogP contribution in [0.2, 0.25) is 0 Å². The Labute approximate surface area is 334 Å². The van der Waals surface area contributed by atoms with Crippen molar-refractivity contribution in [2.24, 2.45) is 0 Å². The molecule has 1 atom stereocenters. The molecule has 8 nitrogen and oxygen atoms in total. The Bertz CT molecular complexity index is 1960. The second-order valence-electron chi connectivity index (χ2n) is 15.6. The summed E-state index contributed by atoms with van der Waals surface area (Å²) in [4.78, 5) is 21.7. The van der Waals surface area contributed by atoms with Crippen LogP contribution in [0.25, 0.3) is 5.57 Å². The van der Waals surface area contributed by atoms with E-state index >= 15 is 0 Å². The second kappa shape index (κ2) is 19.4. The Hall–Kier alpha value is -3.83. The highest BCUT2D eigenvalue weighted by molar-refractivity contribution is 8.03. The lowest BCUT2D eigenvalue weighted by Gasteiger charge is -2.37. The molecule has 2 N–H and O–H groups in total. The van der Waals surface area contributed by atoms with Gasteiger partial charge in [-0.25, -0.2) is 13.1 Å². The van der Waals surface area contributed by atoms with Crippen LogP contribution in [0.5, 0.6) is 0 Å². The lowest BCUT2D eigenvalue weighted by Crippen LogP contribution is -2.47. The number of carbonyl (C=O) groups excluding carboxylic acids is 1. The largest absolute Gasteiger partial charge is 0.381 e. The first-order valence-electron chi connectivity index (χ1n) is 20.0. The van der Waals surface area contributed by atoms with Gasteiger partial charge in [0.2, 0.25) is 0 Å². The van der Waals surface area contributed by atoms with Gasteiger partial charge >= 0.3 is 0 Å². The van der Waals surface area contributed by atoms with Gasteiger partial charge in [-0.2, -0.15) is 0 Å². The van der Waals surface area contributed by atoms with Gasteiger partial charge in [-0.05, 0) is 139 Å². The molecule has 1 saturated heterocycles. The summed E-state index contributed by atoms with van der Waals surface area (Å²) in [5, 5.41) is 3.66. The number of allylic oxidation sites excluding steroid dienone is 4. The molecule has 3 aromatic rings. The number of benzene rings is 3. The highest BCUT2D eigenvalue weighted by Gasteiger charge is 2.23. The van der Waals surface area contributed by atoms with E-state index in [9.17, 15) is 13.2 Å². The van der Waals surface area contributed by atoms with E-state index in [4.69, 9.17) is 0 Å². The quantitative estimate of drug-likeness (QED) is 0.159. The van der Waals surface area contributed by atoms with E-state index in [1.807, 2.05) is 36.9 Å². The van der Waals surface area contributed by atoms with E-state index in [0.29, 0.717) is 5.56 Å². The van der Waals surface area contributed by atoms with Crippen molar-refractivity contribution < 1.29 is 13.2 Å². The molecule has 1 aliphatic heterocycles. The lowest BCUT2D eigenvalue weighted by atomic mass is 9.94. The molecule has 3 aliphatic rings. The van der Waals surface area contributed by atoms with E-state index in [-0.39, 0.29) is 10.9 Å². The van der Waals surface area contributed by atoms with Crippen LogP contribution in [0.1, 0.15) is 78.4 Å². The number of anilines is 2. The van der Waals surface area contributed by atoms with Crippen molar-refractivity contribution in [1.82, 2.24) is 14.5 Å². The molecule has 1 fully saturated rings. The predicted molar refractivity (Wildman–Crippen MR) is 232 cm³/mol. The van der Waals surface area contributed by atoms with Gasteiger partial charge in [0.1, 0.15) is 0 Å². The normalized spacial score (nSPS) is 17.5. The van der Waals surface area contributed by atoms with Gasteiger partial charge in [0.05, 0.1) is 4.90 Å². The lowest BCUT2D eigenvalue weighted by molar-refractivity contribution is 0.0981. The van der Waals surface area contributed by atoms with E-state index in [0.717, 1.165) is 87.6 Å². The first-order chi connectivity index (χ1) is 26.5. The number of sulfonamides is 1. The summed E-state index contributed by atoms with van der Waals surface area (Å²) in [5.74, 6) is 0.270. The summed E-state index contributed by atoms with van der Waals surface area (Å²) < 4.78 is 29.1. The van der Waals surface area contributed by atoms with Crippen LogP contribution in [0.3, 0.4) is 0 Å². The van der Waals surface area contributed by atoms with Crippen molar-refractivity contribution in [1.29, 1.82) is 0 Å². The summed E-state index contributed by atoms with van der Waals surface area (Å²) in [7, 11) is 0.0791. The molecule has 6 rings (SSSR count). The molecule has 0 bridgehead atoms. The maximum Gasteiger partial charge on any atom is 0.264 e. The number of hydrogen-bond acceptors (Lipinski definition) is 8. The van der Waals surface area contributed by atoms with Crippen LogP contribution in [0.4, 0.5) is 11.4 Å². The average molecular weight is 782 g/mol. The standard InChI is InChI=1S/C45H59N5O3S2/c1-34-15-17-36(18-16-34)43-14-10-5-7-11-38(43)32-49-27-29-50(30-28-49)40-21-19-37(20-22-40)45(51)47-55(52,53)42-23-24-44(35(2)31-42)46-39(25-26-48(3)4)33-54-41-12-8-6-9-13-41/h8,12-13,15-24,31,39,46H,5-7,9-11,14,25-30,32-33H2,1-4H3,(H,47,51)/t39-/m1/s1. The molecule has 0 aromatic heterocycles. The van der Waals surface area contributed by atoms with Crippen LogP contribution in [0, 0.1) is 13.8 Å². The third-order valence-electron chi connectivity index (χ3n) is 10.9. The van der Waals surface area contributed by atoms with Crippen LogP contribution in [-0.4, -0.2) is 89.3 Å². The molecular weight excluding hydrogens is 723 g/mol. The molecule has 1 amide bonds. The molecular formula is C45H59N5O3S2. The third-order valence-corrected chi connectivity index (χ3v) is 13.5. The predicted octanol–water partition coefficient (Wildman–Crippen LogP) is 8.66. The molecule has 0 unspecified atom stereocenters. The van der Waals surface area contributed by atoms with Crippen molar-refractivity contribution >= 4 is 44.6 Å².